The second-order valence-electron chi connectivity index (χ2n) is 2.87. The van der Waals surface area contributed by atoms with Crippen molar-refractivity contribution in [2.24, 2.45) is 7.05 Å². The lowest BCUT2D eigenvalue weighted by Gasteiger charge is -2.06. The maximum absolute atomic E-state index is 9.61. The van der Waals surface area contributed by atoms with Gasteiger partial charge < -0.3 is 5.11 Å². The molecule has 1 saturated carbocycles. The monoisotopic (exact) mass is 138 g/mol. The maximum atomic E-state index is 9.61. The molecule has 10 heavy (non-hydrogen) atoms. The van der Waals surface area contributed by atoms with Crippen molar-refractivity contribution in [1.29, 1.82) is 0 Å². The van der Waals surface area contributed by atoms with E-state index in [0.717, 1.165) is 18.5 Å². The van der Waals surface area contributed by atoms with Gasteiger partial charge in [-0.05, 0) is 18.9 Å². The summed E-state index contributed by atoms with van der Waals surface area (Å²) in [5.41, 5.74) is 0.401. The average molecular weight is 138 g/mol. The molecule has 3 heteroatoms. The van der Waals surface area contributed by atoms with Crippen molar-refractivity contribution in [3.63, 3.8) is 0 Å². The first-order valence-corrected chi connectivity index (χ1v) is 3.43. The molecule has 0 saturated heterocycles. The van der Waals surface area contributed by atoms with E-state index in [-0.39, 0.29) is 0 Å². The largest absolute Gasteiger partial charge is 0.384 e. The van der Waals surface area contributed by atoms with Crippen LogP contribution in [0.2, 0.25) is 0 Å². The third-order valence-corrected chi connectivity index (χ3v) is 2.02. The van der Waals surface area contributed by atoms with Crippen LogP contribution in [0.1, 0.15) is 18.5 Å². The van der Waals surface area contributed by atoms with Gasteiger partial charge in [-0.15, -0.1) is 0 Å². The average Bonchev–Trinajstić information content (AvgIpc) is 2.44. The number of hydrogen-bond donors (Lipinski definition) is 1. The van der Waals surface area contributed by atoms with E-state index in [4.69, 9.17) is 0 Å². The zero-order valence-corrected chi connectivity index (χ0v) is 5.91. The maximum Gasteiger partial charge on any atom is 0.106 e. The van der Waals surface area contributed by atoms with Gasteiger partial charge in [-0.3, -0.25) is 4.68 Å². The van der Waals surface area contributed by atoms with Crippen LogP contribution in [0.15, 0.2) is 12.3 Å². The van der Waals surface area contributed by atoms with Gasteiger partial charge >= 0.3 is 0 Å². The molecule has 2 rings (SSSR count). The van der Waals surface area contributed by atoms with E-state index in [1.165, 1.54) is 0 Å². The summed E-state index contributed by atoms with van der Waals surface area (Å²) in [6, 6.07) is 1.87. The third-order valence-electron chi connectivity index (χ3n) is 2.02. The highest BCUT2D eigenvalue weighted by molar-refractivity contribution is 5.18. The van der Waals surface area contributed by atoms with Crippen LogP contribution in [-0.2, 0) is 12.6 Å². The van der Waals surface area contributed by atoms with Crippen molar-refractivity contribution in [3.8, 4) is 0 Å². The molecule has 0 radical (unpaired) electrons. The second kappa shape index (κ2) is 1.61. The smallest absolute Gasteiger partial charge is 0.106 e. The highest BCUT2D eigenvalue weighted by atomic mass is 16.3. The van der Waals surface area contributed by atoms with Crippen LogP contribution in [0.3, 0.4) is 0 Å². The molecule has 0 unspecified atom stereocenters. The molecule has 1 aromatic heterocycles. The Hall–Kier alpha value is -0.830. The fourth-order valence-corrected chi connectivity index (χ4v) is 1.20. The molecule has 3 nitrogen and oxygen atoms in total. The van der Waals surface area contributed by atoms with Gasteiger partial charge in [-0.25, -0.2) is 0 Å². The third kappa shape index (κ3) is 0.671. The molecule has 54 valence electrons. The second-order valence-corrected chi connectivity index (χ2v) is 2.87. The Bertz CT molecular complexity index is 250. The molecular weight excluding hydrogens is 128 g/mol. The minimum atomic E-state index is -0.536. The van der Waals surface area contributed by atoms with E-state index >= 15 is 0 Å². The Labute approximate surface area is 59.3 Å². The molecule has 1 aliphatic carbocycles. The Kier molecular flexibility index (Phi) is 0.951. The highest BCUT2D eigenvalue weighted by Crippen LogP contribution is 2.44. The molecule has 1 aromatic rings. The van der Waals surface area contributed by atoms with Crippen LogP contribution in [0.5, 0.6) is 0 Å². The number of aromatic nitrogens is 2. The molecule has 0 aromatic carbocycles. The number of rotatable bonds is 1. The summed E-state index contributed by atoms with van der Waals surface area (Å²) >= 11 is 0. The molecule has 0 atom stereocenters. The zero-order valence-electron chi connectivity index (χ0n) is 5.91. The molecule has 1 fully saturated rings. The van der Waals surface area contributed by atoms with Gasteiger partial charge in [0.25, 0.3) is 0 Å². The molecule has 0 aliphatic heterocycles. The SMILES string of the molecule is Cn1nccc1C1(O)CC1. The standard InChI is InChI=1S/C7H10N2O/c1-9-6(2-5-8-9)7(10)3-4-7/h2,5,10H,3-4H2,1H3. The fraction of sp³-hybridized carbons (Fsp3) is 0.571. The quantitative estimate of drug-likeness (QED) is 0.610. The predicted octanol–water partition coefficient (Wildman–Crippen LogP) is 0.402. The van der Waals surface area contributed by atoms with Gasteiger partial charge in [0, 0.05) is 13.2 Å². The van der Waals surface area contributed by atoms with E-state index in [9.17, 15) is 5.11 Å². The van der Waals surface area contributed by atoms with E-state index in [1.807, 2.05) is 13.1 Å². The molecule has 1 aliphatic rings. The lowest BCUT2D eigenvalue weighted by molar-refractivity contribution is 0.141. The van der Waals surface area contributed by atoms with Gasteiger partial charge in [0.15, 0.2) is 0 Å². The minimum absolute atomic E-state index is 0.536. The van der Waals surface area contributed by atoms with Crippen molar-refractivity contribution in [3.05, 3.63) is 18.0 Å². The first kappa shape index (κ1) is 5.92. The van der Waals surface area contributed by atoms with Crippen LogP contribution in [0, 0.1) is 0 Å². The normalized spacial score (nSPS) is 21.0. The molecule has 0 bridgehead atoms. The molecular formula is C7H10N2O. The summed E-state index contributed by atoms with van der Waals surface area (Å²) < 4.78 is 1.73. The lowest BCUT2D eigenvalue weighted by atomic mass is 10.2. The summed E-state index contributed by atoms with van der Waals surface area (Å²) in [7, 11) is 1.85. The number of hydrogen-bond acceptors (Lipinski definition) is 2. The van der Waals surface area contributed by atoms with Crippen molar-refractivity contribution < 1.29 is 5.11 Å². The van der Waals surface area contributed by atoms with E-state index < -0.39 is 5.60 Å². The van der Waals surface area contributed by atoms with Gasteiger partial charge in [0.1, 0.15) is 5.60 Å². The first-order valence-electron chi connectivity index (χ1n) is 3.43. The molecule has 0 spiro atoms. The Morgan fingerprint density at radius 1 is 1.70 bits per heavy atom. The van der Waals surface area contributed by atoms with Crippen LogP contribution in [-0.4, -0.2) is 14.9 Å². The Morgan fingerprint density at radius 3 is 2.80 bits per heavy atom. The van der Waals surface area contributed by atoms with Crippen molar-refractivity contribution >= 4 is 0 Å². The summed E-state index contributed by atoms with van der Waals surface area (Å²) in [5, 5.41) is 13.6. The molecule has 0 amide bonds. The fourth-order valence-electron chi connectivity index (χ4n) is 1.20. The van der Waals surface area contributed by atoms with Gasteiger partial charge in [-0.2, -0.15) is 5.10 Å². The van der Waals surface area contributed by atoms with Crippen LogP contribution in [0.25, 0.3) is 0 Å². The van der Waals surface area contributed by atoms with E-state index in [0.29, 0.717) is 0 Å². The van der Waals surface area contributed by atoms with E-state index in [2.05, 4.69) is 5.10 Å². The van der Waals surface area contributed by atoms with Crippen LogP contribution in [0.4, 0.5) is 0 Å². The van der Waals surface area contributed by atoms with Gasteiger partial charge in [0.05, 0.1) is 5.69 Å². The van der Waals surface area contributed by atoms with Crippen molar-refractivity contribution in [2.45, 2.75) is 18.4 Å². The summed E-state index contributed by atoms with van der Waals surface area (Å²) in [5.74, 6) is 0. The molecule has 1 heterocycles. The minimum Gasteiger partial charge on any atom is -0.384 e. The van der Waals surface area contributed by atoms with Crippen molar-refractivity contribution in [2.75, 3.05) is 0 Å². The van der Waals surface area contributed by atoms with Crippen molar-refractivity contribution in [1.82, 2.24) is 9.78 Å². The van der Waals surface area contributed by atoms with Gasteiger partial charge in [-0.1, -0.05) is 0 Å². The first-order chi connectivity index (χ1) is 4.72. The topological polar surface area (TPSA) is 38.0 Å². The number of nitrogens with zero attached hydrogens (tertiary/aromatic N) is 2. The number of aryl methyl sites for hydroxylation is 1. The summed E-state index contributed by atoms with van der Waals surface area (Å²) in [6.45, 7) is 0. The molecule has 1 N–H and O–H groups in total. The zero-order chi connectivity index (χ0) is 7.19. The van der Waals surface area contributed by atoms with Crippen LogP contribution < -0.4 is 0 Å². The van der Waals surface area contributed by atoms with E-state index in [1.54, 1.807) is 10.9 Å². The Morgan fingerprint density at radius 2 is 2.40 bits per heavy atom. The summed E-state index contributed by atoms with van der Waals surface area (Å²) in [4.78, 5) is 0. The van der Waals surface area contributed by atoms with Gasteiger partial charge in [0.2, 0.25) is 0 Å². The Balaban J connectivity index is 2.42. The number of aliphatic hydroxyl groups is 1. The summed E-state index contributed by atoms with van der Waals surface area (Å²) in [6.07, 6.45) is 3.48. The highest BCUT2D eigenvalue weighted by Gasteiger charge is 2.44. The van der Waals surface area contributed by atoms with Crippen LogP contribution >= 0.6 is 0 Å². The lowest BCUT2D eigenvalue weighted by Crippen LogP contribution is -2.10. The predicted molar refractivity (Wildman–Crippen MR) is 36.3 cm³/mol.